The van der Waals surface area contributed by atoms with Gasteiger partial charge in [-0.3, -0.25) is 0 Å². The molecule has 0 saturated heterocycles. The van der Waals surface area contributed by atoms with Crippen LogP contribution in [0.25, 0.3) is 0 Å². The fourth-order valence-electron chi connectivity index (χ4n) is 1.39. The topological polar surface area (TPSA) is 76.7 Å². The highest BCUT2D eigenvalue weighted by Gasteiger charge is 2.28. The van der Waals surface area contributed by atoms with E-state index < -0.39 is 28.9 Å². The highest BCUT2D eigenvalue weighted by molar-refractivity contribution is 5.70. The molecule has 1 unspecified atom stereocenters. The van der Waals surface area contributed by atoms with E-state index in [0.29, 0.717) is 6.42 Å². The Bertz CT molecular complexity index is 369. The molecule has 124 valence electrons. The molecule has 0 heterocycles. The van der Waals surface area contributed by atoms with Crippen LogP contribution in [0.3, 0.4) is 0 Å². The Kier molecular flexibility index (Phi) is 6.52. The lowest BCUT2D eigenvalue weighted by Gasteiger charge is -2.31. The van der Waals surface area contributed by atoms with Crippen molar-refractivity contribution in [2.24, 2.45) is 0 Å². The molecule has 2 N–H and O–H groups in total. The van der Waals surface area contributed by atoms with E-state index in [-0.39, 0.29) is 6.54 Å². The number of carbonyl (C=O) groups is 2. The highest BCUT2D eigenvalue weighted by atomic mass is 16.6. The number of hydrogen-bond acceptors (Lipinski definition) is 4. The Hall–Kier alpha value is -1.46. The van der Waals surface area contributed by atoms with E-state index in [1.54, 1.807) is 41.5 Å². The molecule has 0 aliphatic carbocycles. The summed E-state index contributed by atoms with van der Waals surface area (Å²) in [6.07, 6.45) is -0.367. The number of rotatable bonds is 4. The van der Waals surface area contributed by atoms with Crippen molar-refractivity contribution in [3.63, 3.8) is 0 Å². The van der Waals surface area contributed by atoms with Crippen molar-refractivity contribution >= 4 is 12.2 Å². The minimum absolute atomic E-state index is 0.262. The van der Waals surface area contributed by atoms with E-state index in [2.05, 4.69) is 10.6 Å². The molecule has 0 spiro atoms. The first kappa shape index (κ1) is 19.5. The van der Waals surface area contributed by atoms with Crippen LogP contribution in [0.15, 0.2) is 0 Å². The van der Waals surface area contributed by atoms with E-state index >= 15 is 0 Å². The molecular weight excluding hydrogens is 272 g/mol. The average molecular weight is 302 g/mol. The Morgan fingerprint density at radius 3 is 1.67 bits per heavy atom. The van der Waals surface area contributed by atoms with E-state index in [9.17, 15) is 9.59 Å². The van der Waals surface area contributed by atoms with Crippen molar-refractivity contribution in [2.75, 3.05) is 6.54 Å². The summed E-state index contributed by atoms with van der Waals surface area (Å²) < 4.78 is 10.4. The summed E-state index contributed by atoms with van der Waals surface area (Å²) in [6, 6.07) is 0. The molecule has 0 aliphatic rings. The zero-order valence-electron chi connectivity index (χ0n) is 14.5. The second kappa shape index (κ2) is 7.00. The van der Waals surface area contributed by atoms with Crippen LogP contribution in [0, 0.1) is 0 Å². The second-order valence-corrected chi connectivity index (χ2v) is 7.40. The Balaban J connectivity index is 4.47. The van der Waals surface area contributed by atoms with Gasteiger partial charge in [0, 0.05) is 6.54 Å². The van der Waals surface area contributed by atoms with Crippen molar-refractivity contribution in [3.8, 4) is 0 Å². The molecule has 0 aromatic carbocycles. The molecule has 0 aromatic heterocycles. The van der Waals surface area contributed by atoms with E-state index in [1.165, 1.54) is 0 Å². The van der Waals surface area contributed by atoms with Crippen molar-refractivity contribution in [1.29, 1.82) is 0 Å². The fourth-order valence-corrected chi connectivity index (χ4v) is 1.39. The Morgan fingerprint density at radius 2 is 1.29 bits per heavy atom. The predicted octanol–water partition coefficient (Wildman–Crippen LogP) is 3.20. The quantitative estimate of drug-likeness (QED) is 0.836. The van der Waals surface area contributed by atoms with Crippen LogP contribution in [-0.4, -0.2) is 35.5 Å². The van der Waals surface area contributed by atoms with E-state index in [0.717, 1.165) is 0 Å². The SMILES string of the molecule is CCC(C)(CNC(=O)OC(C)(C)C)NC(=O)OC(C)(C)C. The summed E-state index contributed by atoms with van der Waals surface area (Å²) in [7, 11) is 0. The molecule has 0 bridgehead atoms. The third-order valence-electron chi connectivity index (χ3n) is 2.60. The van der Waals surface area contributed by atoms with Gasteiger partial charge in [0.25, 0.3) is 0 Å². The van der Waals surface area contributed by atoms with Gasteiger partial charge in [0.15, 0.2) is 0 Å². The number of alkyl carbamates (subject to hydrolysis) is 2. The largest absolute Gasteiger partial charge is 0.444 e. The summed E-state index contributed by atoms with van der Waals surface area (Å²) in [5.74, 6) is 0. The van der Waals surface area contributed by atoms with E-state index in [1.807, 2.05) is 13.8 Å². The molecule has 0 saturated carbocycles. The lowest BCUT2D eigenvalue weighted by atomic mass is 9.99. The smallest absolute Gasteiger partial charge is 0.408 e. The third-order valence-corrected chi connectivity index (χ3v) is 2.60. The number of nitrogens with one attached hydrogen (secondary N) is 2. The van der Waals surface area contributed by atoms with Crippen LogP contribution >= 0.6 is 0 Å². The predicted molar refractivity (Wildman–Crippen MR) is 82.3 cm³/mol. The van der Waals surface area contributed by atoms with Crippen LogP contribution in [0.5, 0.6) is 0 Å². The van der Waals surface area contributed by atoms with Gasteiger partial charge in [0.2, 0.25) is 0 Å². The minimum Gasteiger partial charge on any atom is -0.444 e. The average Bonchev–Trinajstić information content (AvgIpc) is 2.21. The maximum Gasteiger partial charge on any atom is 0.408 e. The van der Waals surface area contributed by atoms with Gasteiger partial charge in [0.05, 0.1) is 5.54 Å². The molecule has 2 amide bonds. The Labute approximate surface area is 127 Å². The molecule has 0 fully saturated rings. The van der Waals surface area contributed by atoms with Crippen LogP contribution in [0.1, 0.15) is 61.8 Å². The van der Waals surface area contributed by atoms with Gasteiger partial charge in [-0.1, -0.05) is 6.92 Å². The van der Waals surface area contributed by atoms with Crippen molar-refractivity contribution < 1.29 is 19.1 Å². The number of hydrogen-bond donors (Lipinski definition) is 2. The molecular formula is C15H30N2O4. The summed E-state index contributed by atoms with van der Waals surface area (Å²) in [5, 5.41) is 5.45. The molecule has 0 radical (unpaired) electrons. The lowest BCUT2D eigenvalue weighted by molar-refractivity contribution is 0.0416. The van der Waals surface area contributed by atoms with Gasteiger partial charge in [-0.25, -0.2) is 9.59 Å². The van der Waals surface area contributed by atoms with Gasteiger partial charge in [-0.2, -0.15) is 0 Å². The molecule has 1 atom stereocenters. The van der Waals surface area contributed by atoms with Gasteiger partial charge in [0.1, 0.15) is 11.2 Å². The zero-order valence-corrected chi connectivity index (χ0v) is 14.5. The maximum atomic E-state index is 11.8. The fraction of sp³-hybridized carbons (Fsp3) is 0.867. The van der Waals surface area contributed by atoms with Crippen molar-refractivity contribution in [3.05, 3.63) is 0 Å². The van der Waals surface area contributed by atoms with Crippen LogP contribution < -0.4 is 10.6 Å². The summed E-state index contributed by atoms with van der Waals surface area (Å²) in [4.78, 5) is 23.5. The summed E-state index contributed by atoms with van der Waals surface area (Å²) in [5.41, 5.74) is -1.71. The number of carbonyl (C=O) groups excluding carboxylic acids is 2. The normalized spacial score (nSPS) is 14.9. The lowest BCUT2D eigenvalue weighted by Crippen LogP contribution is -2.54. The van der Waals surface area contributed by atoms with Crippen molar-refractivity contribution in [1.82, 2.24) is 10.6 Å². The molecule has 6 heteroatoms. The monoisotopic (exact) mass is 302 g/mol. The minimum atomic E-state index is -0.598. The standard InChI is InChI=1S/C15H30N2O4/c1-9-15(8,17-12(19)21-14(5,6)7)10-16-11(18)20-13(2,3)4/h9-10H2,1-8H3,(H,16,18)(H,17,19). The molecule has 0 aromatic rings. The van der Waals surface area contributed by atoms with E-state index in [4.69, 9.17) is 9.47 Å². The highest BCUT2D eigenvalue weighted by Crippen LogP contribution is 2.12. The maximum absolute atomic E-state index is 11.8. The summed E-state index contributed by atoms with van der Waals surface area (Å²) >= 11 is 0. The molecule has 6 nitrogen and oxygen atoms in total. The Morgan fingerprint density at radius 1 is 0.857 bits per heavy atom. The van der Waals surface area contributed by atoms with Crippen LogP contribution in [0.4, 0.5) is 9.59 Å². The van der Waals surface area contributed by atoms with Crippen molar-refractivity contribution in [2.45, 2.75) is 78.6 Å². The zero-order chi connectivity index (χ0) is 16.9. The summed E-state index contributed by atoms with van der Waals surface area (Å²) in [6.45, 7) is 14.8. The molecule has 0 rings (SSSR count). The first-order valence-corrected chi connectivity index (χ1v) is 7.24. The van der Waals surface area contributed by atoms with Crippen LogP contribution in [-0.2, 0) is 9.47 Å². The first-order valence-electron chi connectivity index (χ1n) is 7.24. The van der Waals surface area contributed by atoms with Crippen LogP contribution in [0.2, 0.25) is 0 Å². The molecule has 0 aliphatic heterocycles. The van der Waals surface area contributed by atoms with Gasteiger partial charge in [-0.05, 0) is 54.9 Å². The van der Waals surface area contributed by atoms with Gasteiger partial charge >= 0.3 is 12.2 Å². The van der Waals surface area contributed by atoms with Gasteiger partial charge in [-0.15, -0.1) is 0 Å². The third kappa shape index (κ3) is 9.98. The number of ether oxygens (including phenoxy) is 2. The molecule has 21 heavy (non-hydrogen) atoms. The second-order valence-electron chi connectivity index (χ2n) is 7.40. The first-order chi connectivity index (χ1) is 9.26. The van der Waals surface area contributed by atoms with Gasteiger partial charge < -0.3 is 20.1 Å². The number of amides is 2.